The van der Waals surface area contributed by atoms with Crippen LogP contribution in [0.5, 0.6) is 0 Å². The summed E-state index contributed by atoms with van der Waals surface area (Å²) in [6.45, 7) is 8.91. The van der Waals surface area contributed by atoms with Gasteiger partial charge in [0.05, 0.1) is 6.20 Å². The van der Waals surface area contributed by atoms with Crippen LogP contribution in [0.1, 0.15) is 61.8 Å². The lowest BCUT2D eigenvalue weighted by atomic mass is 9.94. The van der Waals surface area contributed by atoms with Crippen LogP contribution in [0.3, 0.4) is 0 Å². The zero-order valence-electron chi connectivity index (χ0n) is 25.0. The van der Waals surface area contributed by atoms with Gasteiger partial charge in [-0.15, -0.1) is 11.8 Å². The maximum atomic E-state index is 14.2. The minimum absolute atomic E-state index is 0.124. The van der Waals surface area contributed by atoms with Gasteiger partial charge in [0.1, 0.15) is 35.4 Å². The van der Waals surface area contributed by atoms with E-state index in [9.17, 15) is 19.2 Å². The Hall–Kier alpha value is -4.12. The highest BCUT2D eigenvalue weighted by molar-refractivity contribution is 7.99. The van der Waals surface area contributed by atoms with Crippen molar-refractivity contribution in [3.63, 3.8) is 0 Å². The molecule has 1 aliphatic heterocycles. The molecule has 2 heterocycles. The molecule has 2 N–H and O–H groups in total. The molecule has 1 saturated heterocycles. The highest BCUT2D eigenvalue weighted by Gasteiger charge is 2.44. The van der Waals surface area contributed by atoms with Gasteiger partial charge in [-0.3, -0.25) is 14.4 Å². The fourth-order valence-corrected chi connectivity index (χ4v) is 6.15. The first-order chi connectivity index (χ1) is 20.4. The zero-order valence-corrected chi connectivity index (χ0v) is 25.8. The van der Waals surface area contributed by atoms with E-state index in [1.54, 1.807) is 25.7 Å². The van der Waals surface area contributed by atoms with Crippen LogP contribution in [0.15, 0.2) is 77.5 Å². The van der Waals surface area contributed by atoms with Crippen LogP contribution in [-0.4, -0.2) is 57.1 Å². The molecule has 1 aliphatic rings. The Kier molecular flexibility index (Phi) is 10.3. The number of ketones is 1. The molecule has 228 valence electrons. The summed E-state index contributed by atoms with van der Waals surface area (Å²) in [5.41, 5.74) is 0.915. The summed E-state index contributed by atoms with van der Waals surface area (Å²) in [7, 11) is 0. The predicted octanol–water partition coefficient (Wildman–Crippen LogP) is 4.98. The van der Waals surface area contributed by atoms with Crippen LogP contribution in [0.2, 0.25) is 0 Å². The van der Waals surface area contributed by atoms with Crippen LogP contribution >= 0.6 is 11.8 Å². The summed E-state index contributed by atoms with van der Waals surface area (Å²) in [4.78, 5) is 59.8. The number of rotatable bonds is 10. The molecule has 0 saturated carbocycles. The molecule has 0 radical (unpaired) electrons. The van der Waals surface area contributed by atoms with Gasteiger partial charge in [-0.2, -0.15) is 0 Å². The fraction of sp³-hybridized carbons (Fsp3) is 0.406. The number of hydrogen-bond acceptors (Lipinski definition) is 8. The van der Waals surface area contributed by atoms with Crippen molar-refractivity contribution >= 4 is 35.5 Å². The monoisotopic (exact) mass is 606 g/mol. The molecule has 10 nitrogen and oxygen atoms in total. The number of carbonyl (C=O) groups excluding carboxylic acids is 4. The molecule has 4 rings (SSSR count). The number of oxazole rings is 1. The van der Waals surface area contributed by atoms with Crippen LogP contribution < -0.4 is 10.6 Å². The number of benzene rings is 2. The van der Waals surface area contributed by atoms with E-state index in [0.29, 0.717) is 5.75 Å². The van der Waals surface area contributed by atoms with Crippen molar-refractivity contribution in [2.45, 2.75) is 64.2 Å². The quantitative estimate of drug-likeness (QED) is 0.244. The number of Topliss-reactive ketones (excluding diaryl/α,β-unsaturated/α-hetero) is 1. The van der Waals surface area contributed by atoms with Crippen LogP contribution in [0.4, 0.5) is 4.79 Å². The summed E-state index contributed by atoms with van der Waals surface area (Å²) in [5, 5.41) is 5.27. The number of amides is 3. The van der Waals surface area contributed by atoms with Crippen molar-refractivity contribution in [2.24, 2.45) is 11.8 Å². The number of aromatic nitrogens is 1. The third-order valence-electron chi connectivity index (χ3n) is 6.81. The summed E-state index contributed by atoms with van der Waals surface area (Å²) in [6.07, 6.45) is 1.30. The van der Waals surface area contributed by atoms with E-state index >= 15 is 0 Å². The minimum Gasteiger partial charge on any atom is -0.444 e. The van der Waals surface area contributed by atoms with Gasteiger partial charge >= 0.3 is 6.09 Å². The molecule has 1 aromatic heterocycles. The lowest BCUT2D eigenvalue weighted by Gasteiger charge is -2.35. The molecule has 43 heavy (non-hydrogen) atoms. The molecule has 11 heteroatoms. The van der Waals surface area contributed by atoms with E-state index < -0.39 is 46.9 Å². The summed E-state index contributed by atoms with van der Waals surface area (Å²) < 4.78 is 10.7. The highest BCUT2D eigenvalue weighted by atomic mass is 32.2. The lowest BCUT2D eigenvalue weighted by Crippen LogP contribution is -2.58. The van der Waals surface area contributed by atoms with E-state index in [2.05, 4.69) is 15.6 Å². The Balaban J connectivity index is 1.63. The Morgan fingerprint density at radius 1 is 1.05 bits per heavy atom. The van der Waals surface area contributed by atoms with Crippen molar-refractivity contribution in [2.75, 3.05) is 5.75 Å². The smallest absolute Gasteiger partial charge is 0.408 e. The zero-order chi connectivity index (χ0) is 31.1. The van der Waals surface area contributed by atoms with E-state index in [4.69, 9.17) is 9.15 Å². The Bertz CT molecular complexity index is 1390. The first-order valence-corrected chi connectivity index (χ1v) is 15.3. The van der Waals surface area contributed by atoms with Crippen molar-refractivity contribution in [1.29, 1.82) is 0 Å². The first kappa shape index (κ1) is 31.8. The van der Waals surface area contributed by atoms with E-state index in [-0.39, 0.29) is 24.1 Å². The molecule has 0 bridgehead atoms. The topological polar surface area (TPSA) is 131 Å². The Morgan fingerprint density at radius 3 is 2.28 bits per heavy atom. The van der Waals surface area contributed by atoms with Gasteiger partial charge < -0.3 is 24.7 Å². The third kappa shape index (κ3) is 8.25. The van der Waals surface area contributed by atoms with Gasteiger partial charge in [-0.1, -0.05) is 74.5 Å². The molecule has 1 fully saturated rings. The molecule has 4 atom stereocenters. The summed E-state index contributed by atoms with van der Waals surface area (Å²) in [6, 6.07) is 17.8. The number of thioether (sulfide) groups is 1. The van der Waals surface area contributed by atoms with Crippen molar-refractivity contribution in [3.05, 3.63) is 90.1 Å². The molecule has 0 aliphatic carbocycles. The van der Waals surface area contributed by atoms with Crippen LogP contribution in [-0.2, 0) is 20.7 Å². The third-order valence-corrected chi connectivity index (χ3v) is 8.14. The summed E-state index contributed by atoms with van der Waals surface area (Å²) >= 11 is 1.49. The van der Waals surface area contributed by atoms with Gasteiger partial charge in [0.25, 0.3) is 5.89 Å². The van der Waals surface area contributed by atoms with Crippen molar-refractivity contribution in [3.8, 4) is 0 Å². The molecule has 0 spiro atoms. The number of nitrogens with one attached hydrogen (secondary N) is 2. The Labute approximate surface area is 256 Å². The average molecular weight is 607 g/mol. The van der Waals surface area contributed by atoms with Gasteiger partial charge in [-0.05, 0) is 44.2 Å². The SMILES string of the molecule is CC(C)[C@H](NC(=O)OC(C)(C)C)C(=O)N1[C@@H](NC(=O)[C@@H](Cc2ccccc2)C(=O)c2ncco2)CS[C@@H]1c1ccccc1. The second-order valence-electron chi connectivity index (χ2n) is 11.7. The first-order valence-electron chi connectivity index (χ1n) is 14.2. The molecule has 2 aromatic carbocycles. The second kappa shape index (κ2) is 13.9. The molecular formula is C32H38N4O6S. The number of ether oxygens (including phenoxy) is 1. The maximum Gasteiger partial charge on any atom is 0.408 e. The van der Waals surface area contributed by atoms with Gasteiger partial charge in [0, 0.05) is 5.75 Å². The lowest BCUT2D eigenvalue weighted by molar-refractivity contribution is -0.139. The van der Waals surface area contributed by atoms with Crippen LogP contribution in [0.25, 0.3) is 0 Å². The highest BCUT2D eigenvalue weighted by Crippen LogP contribution is 2.41. The van der Waals surface area contributed by atoms with Crippen molar-refractivity contribution in [1.82, 2.24) is 20.5 Å². The van der Waals surface area contributed by atoms with Crippen LogP contribution in [0, 0.1) is 11.8 Å². The number of nitrogens with zero attached hydrogens (tertiary/aromatic N) is 2. The number of alkyl carbamates (subject to hydrolysis) is 1. The average Bonchev–Trinajstić information content (AvgIpc) is 3.65. The molecule has 3 amide bonds. The fourth-order valence-electron chi connectivity index (χ4n) is 4.78. The number of carbonyl (C=O) groups is 4. The van der Waals surface area contributed by atoms with Gasteiger partial charge in [0.15, 0.2) is 0 Å². The van der Waals surface area contributed by atoms with E-state index in [0.717, 1.165) is 11.1 Å². The van der Waals surface area contributed by atoms with Crippen molar-refractivity contribution < 1.29 is 28.3 Å². The van der Waals surface area contributed by atoms with E-state index in [1.807, 2.05) is 74.5 Å². The minimum atomic E-state index is -1.14. The largest absolute Gasteiger partial charge is 0.444 e. The number of hydrogen-bond donors (Lipinski definition) is 2. The molecule has 3 aromatic rings. The second-order valence-corrected chi connectivity index (χ2v) is 12.8. The molecular weight excluding hydrogens is 568 g/mol. The Morgan fingerprint density at radius 2 is 1.70 bits per heavy atom. The summed E-state index contributed by atoms with van der Waals surface area (Å²) in [5.74, 6) is -2.68. The van der Waals surface area contributed by atoms with Gasteiger partial charge in [-0.25, -0.2) is 9.78 Å². The standard InChI is InChI=1S/C32H38N4O6S/c1-20(2)25(35-31(40)42-32(3,4)5)29(39)36-24(19-43-30(36)22-14-10-7-11-15-22)34-27(38)23(18-21-12-8-6-9-13-21)26(37)28-33-16-17-41-28/h6-17,20,23-25,30H,18-19H2,1-5H3,(H,34,38)(H,35,40)/t23-,24+,25-,30+/m0/s1. The van der Waals surface area contributed by atoms with E-state index in [1.165, 1.54) is 24.2 Å². The maximum absolute atomic E-state index is 14.2. The normalized spacial score (nSPS) is 18.1. The molecule has 0 unspecified atom stereocenters. The predicted molar refractivity (Wildman–Crippen MR) is 163 cm³/mol. The van der Waals surface area contributed by atoms with Gasteiger partial charge in [0.2, 0.25) is 17.6 Å².